The quantitative estimate of drug-likeness (QED) is 0.0732. The summed E-state index contributed by atoms with van der Waals surface area (Å²) in [6.45, 7) is 15.5. The van der Waals surface area contributed by atoms with E-state index in [9.17, 15) is 0 Å². The van der Waals surface area contributed by atoms with Crippen LogP contribution in [0.1, 0.15) is 251 Å². The van der Waals surface area contributed by atoms with Crippen LogP contribution in [0, 0.1) is 0 Å². The Balaban J connectivity index is 0.000000169. The number of halogens is 8. The molecule has 20 nitrogen and oxygen atoms in total. The standard InChI is InChI=1S/4C21H35N5.8ClH.4Mn/c4*1-3-10-20-18(8-1)22-12-13-23-19-9-2-4-11-21(19)25-15-17-7-5-6-16(26-17)14-24-20;;;;;;;;;;;;/h4*5-7,18-25H,1-4,8-15H2;8*1H;;;;/q;;;;;;;;;;;;4*+2/p-8/t4*18-,19-,20-,21-;;;;;;;;;;;;/m0000............/s1. The van der Waals surface area contributed by atoms with Crippen LogP contribution >= 0.6 is 80.8 Å². The first-order chi connectivity index (χ1) is 57.2. The van der Waals surface area contributed by atoms with E-state index in [1.807, 2.05) is 0 Å². The summed E-state index contributed by atoms with van der Waals surface area (Å²) in [4.78, 5) is 19.6. The van der Waals surface area contributed by atoms with E-state index in [1.54, 1.807) is 0 Å². The SMILES string of the molecule is [Cl][Mn][Cl].[Cl][Mn][Cl].[Cl][Mn][Cl].[Cl][Mn][Cl].c1cc2nc(c1)CN[C@H]1CCCC[C@@H]1NCCN[C@H]1CCCC[C@@H]1NC2.c1cc2nc(c1)CN[C@H]1CCCC[C@@H]1NCCN[C@H]1CCCC[C@@H]1NC2.c1cc2nc(c1)CN[C@H]1CCCC[C@@H]1NCCN[C@H]1CCCC[C@@H]1NC2.c1cc2nc(c1)CN[C@H]1CCCC[C@@H]1NCCN[C@H]1CCCC[C@@H]1NC2. The van der Waals surface area contributed by atoms with E-state index in [2.05, 4.69) is 158 Å². The number of nitrogens with one attached hydrogen (secondary N) is 16. The zero-order valence-electron chi connectivity index (χ0n) is 68.4. The largest absolute Gasteiger partial charge is 0.311 e. The van der Waals surface area contributed by atoms with Gasteiger partial charge in [0.25, 0.3) is 0 Å². The van der Waals surface area contributed by atoms with Crippen LogP contribution in [0.4, 0.5) is 0 Å². The minimum absolute atomic E-state index is 0.00694. The van der Waals surface area contributed by atoms with Gasteiger partial charge < -0.3 is 85.1 Å². The van der Waals surface area contributed by atoms with Gasteiger partial charge in [-0.15, -0.1) is 0 Å². The van der Waals surface area contributed by atoms with E-state index in [4.69, 9.17) is 101 Å². The number of pyridine rings is 4. The van der Waals surface area contributed by atoms with Crippen LogP contribution in [0.2, 0.25) is 0 Å². The third-order valence-electron chi connectivity index (χ3n) is 25.7. The second kappa shape index (κ2) is 61.7. The molecular formula is C84H140Cl8Mn4N20. The molecule has 0 spiro atoms. The van der Waals surface area contributed by atoms with E-state index < -0.39 is 0 Å². The molecule has 4 aromatic heterocycles. The van der Waals surface area contributed by atoms with Crippen molar-refractivity contribution in [2.75, 3.05) is 52.4 Å². The second-order valence-corrected chi connectivity index (χ2v) is 41.2. The second-order valence-electron chi connectivity index (χ2n) is 33.4. The van der Waals surface area contributed by atoms with E-state index in [1.165, 1.54) is 251 Å². The summed E-state index contributed by atoms with van der Waals surface area (Å²) in [6, 6.07) is 35.2. The fraction of sp³-hybridized carbons (Fsp3) is 0.762. The molecule has 8 fully saturated rings. The Hall–Kier alpha value is 0.358. The van der Waals surface area contributed by atoms with Gasteiger partial charge >= 0.3 is 133 Å². The van der Waals surface area contributed by atoms with Gasteiger partial charge in [0.15, 0.2) is 0 Å². The molecule has 8 bridgehead atoms. The summed E-state index contributed by atoms with van der Waals surface area (Å²) >= 11 is 0.0278. The Morgan fingerprint density at radius 2 is 0.267 bits per heavy atom. The van der Waals surface area contributed by atoms with Gasteiger partial charge in [-0.2, -0.15) is 0 Å². The van der Waals surface area contributed by atoms with Crippen LogP contribution < -0.4 is 85.1 Å². The molecule has 8 saturated carbocycles. The van der Waals surface area contributed by atoms with Crippen LogP contribution in [0.25, 0.3) is 0 Å². The Morgan fingerprint density at radius 3 is 0.371 bits per heavy atom. The number of hydrogen-bond donors (Lipinski definition) is 16. The molecule has 0 amide bonds. The first-order valence-corrected chi connectivity index (χ1v) is 57.2. The van der Waals surface area contributed by atoms with E-state index >= 15 is 0 Å². The predicted molar refractivity (Wildman–Crippen MR) is 471 cm³/mol. The molecular weight excluding hydrogens is 1790 g/mol. The van der Waals surface area contributed by atoms with Crippen molar-refractivity contribution in [2.24, 2.45) is 0 Å². The van der Waals surface area contributed by atoms with Crippen molar-refractivity contribution in [3.63, 3.8) is 0 Å². The van der Waals surface area contributed by atoms with Crippen molar-refractivity contribution in [3.8, 4) is 0 Å². The number of nitrogens with zero attached hydrogens (tertiary/aromatic N) is 4. The van der Waals surface area contributed by atoms with Crippen molar-refractivity contribution >= 4 is 80.8 Å². The van der Waals surface area contributed by atoms with Gasteiger partial charge in [0, 0.05) is 201 Å². The first-order valence-electron chi connectivity index (χ1n) is 44.2. The van der Waals surface area contributed by atoms with E-state index in [0.717, 1.165) is 105 Å². The van der Waals surface area contributed by atoms with Gasteiger partial charge in [-0.05, 0) is 151 Å². The monoisotopic (exact) mass is 1930 g/mol. The molecule has 12 aliphatic rings. The van der Waals surface area contributed by atoms with Crippen LogP contribution in [-0.2, 0) is 105 Å². The fourth-order valence-corrected chi connectivity index (χ4v) is 19.8. The summed E-state index contributed by atoms with van der Waals surface area (Å²) in [6.07, 6.45) is 42.1. The minimum atomic E-state index is 0.00694. The maximum absolute atomic E-state index is 4.89. The predicted octanol–water partition coefficient (Wildman–Crippen LogP) is 13.8. The zero-order valence-corrected chi connectivity index (χ0v) is 79.2. The molecule has 660 valence electrons. The maximum Gasteiger partial charge on any atom is 0.0545 e. The van der Waals surface area contributed by atoms with Crippen molar-refractivity contribution in [1.29, 1.82) is 0 Å². The molecule has 0 saturated heterocycles. The number of rotatable bonds is 0. The zero-order chi connectivity index (χ0) is 81.3. The molecule has 16 atom stereocenters. The molecule has 16 rings (SSSR count). The summed E-state index contributed by atoms with van der Waals surface area (Å²) in [5, 5.41) is 60.9. The fourth-order valence-electron chi connectivity index (χ4n) is 19.8. The molecule has 4 aromatic rings. The average Bonchev–Trinajstić information content (AvgIpc) is 1.64. The Kier molecular flexibility index (Phi) is 53.3. The van der Waals surface area contributed by atoms with Gasteiger partial charge in [-0.25, -0.2) is 0 Å². The summed E-state index contributed by atoms with van der Waals surface area (Å²) in [5.41, 5.74) is 9.35. The maximum atomic E-state index is 4.89. The Labute approximate surface area is 756 Å². The molecule has 8 aliphatic carbocycles. The average molecular weight is 1930 g/mol. The summed E-state index contributed by atoms with van der Waals surface area (Å²) in [7, 11) is 38.4. The summed E-state index contributed by atoms with van der Waals surface area (Å²) in [5.74, 6) is 0. The third kappa shape index (κ3) is 38.1. The van der Waals surface area contributed by atoms with Crippen molar-refractivity contribution < 1.29 is 52.5 Å². The van der Waals surface area contributed by atoms with Crippen LogP contribution in [0.5, 0.6) is 0 Å². The molecule has 0 aromatic carbocycles. The summed E-state index contributed by atoms with van der Waals surface area (Å²) < 4.78 is 0. The topological polar surface area (TPSA) is 244 Å². The van der Waals surface area contributed by atoms with Crippen LogP contribution in [-0.4, -0.2) is 169 Å². The van der Waals surface area contributed by atoms with Crippen LogP contribution in [0.3, 0.4) is 0 Å². The van der Waals surface area contributed by atoms with Gasteiger partial charge in [0.05, 0.1) is 45.6 Å². The Bertz CT molecular complexity index is 2600. The van der Waals surface area contributed by atoms with Gasteiger partial charge in [-0.3, -0.25) is 19.9 Å². The number of hydrogen-bond acceptors (Lipinski definition) is 20. The first kappa shape index (κ1) is 100. The number of aromatic nitrogens is 4. The molecule has 0 radical (unpaired) electrons. The van der Waals surface area contributed by atoms with E-state index in [0.29, 0.717) is 96.7 Å². The third-order valence-corrected chi connectivity index (χ3v) is 25.7. The van der Waals surface area contributed by atoms with E-state index in [-0.39, 0.29) is 52.5 Å². The van der Waals surface area contributed by atoms with Crippen molar-refractivity contribution in [2.45, 2.75) is 354 Å². The molecule has 4 aliphatic heterocycles. The van der Waals surface area contributed by atoms with Crippen molar-refractivity contribution in [1.82, 2.24) is 105 Å². The van der Waals surface area contributed by atoms with Crippen LogP contribution in [0.15, 0.2) is 72.8 Å². The molecule has 0 unspecified atom stereocenters. The Morgan fingerprint density at radius 1 is 0.172 bits per heavy atom. The molecule has 32 heteroatoms. The van der Waals surface area contributed by atoms with Gasteiger partial charge in [-0.1, -0.05) is 127 Å². The van der Waals surface area contributed by atoms with Gasteiger partial charge in [0.2, 0.25) is 0 Å². The smallest absolute Gasteiger partial charge is 0.0545 e. The minimum Gasteiger partial charge on any atom is -0.311 e. The molecule has 116 heavy (non-hydrogen) atoms. The normalized spacial score (nSPS) is 31.1. The van der Waals surface area contributed by atoms with Gasteiger partial charge in [0.1, 0.15) is 0 Å². The molecule has 8 heterocycles. The number of fused-ring (bicyclic) bond motifs is 16. The molecule has 16 N–H and O–H groups in total. The van der Waals surface area contributed by atoms with Crippen molar-refractivity contribution in [3.05, 3.63) is 118 Å².